The number of aryl methyl sites for hydroxylation is 2. The van der Waals surface area contributed by atoms with Crippen molar-refractivity contribution < 1.29 is 4.79 Å². The quantitative estimate of drug-likeness (QED) is 0.499. The first-order valence-electron chi connectivity index (χ1n) is 10.8. The Morgan fingerprint density at radius 3 is 2.41 bits per heavy atom. The van der Waals surface area contributed by atoms with Gasteiger partial charge in [0.05, 0.1) is 11.1 Å². The van der Waals surface area contributed by atoms with Gasteiger partial charge in [0.15, 0.2) is 5.16 Å². The molecule has 2 atom stereocenters. The maximum Gasteiger partial charge on any atom is 0.263 e. The third-order valence-corrected chi connectivity index (χ3v) is 8.74. The Morgan fingerprint density at radius 1 is 1.10 bits per heavy atom. The van der Waals surface area contributed by atoms with Crippen molar-refractivity contribution in [2.75, 3.05) is 5.75 Å². The lowest BCUT2D eigenvalue weighted by molar-refractivity contribution is -0.134. The van der Waals surface area contributed by atoms with Gasteiger partial charge in [-0.05, 0) is 65.4 Å². The monoisotopic (exact) mass is 433 g/mol. The van der Waals surface area contributed by atoms with E-state index in [0.29, 0.717) is 17.8 Å². The van der Waals surface area contributed by atoms with Crippen molar-refractivity contribution in [3.05, 3.63) is 20.8 Å². The van der Waals surface area contributed by atoms with Gasteiger partial charge in [-0.1, -0.05) is 24.6 Å². The number of carbonyl (C=O) groups is 1. The molecule has 0 bridgehead atoms. The molecule has 2 fully saturated rings. The number of rotatable bonds is 4. The van der Waals surface area contributed by atoms with Gasteiger partial charge in [0.25, 0.3) is 5.56 Å². The number of amides is 1. The van der Waals surface area contributed by atoms with E-state index in [2.05, 4.69) is 20.8 Å². The van der Waals surface area contributed by atoms with E-state index >= 15 is 0 Å². The van der Waals surface area contributed by atoms with Crippen molar-refractivity contribution in [1.82, 2.24) is 14.5 Å². The number of fused-ring (bicyclic) bond motifs is 1. The van der Waals surface area contributed by atoms with Gasteiger partial charge in [-0.15, -0.1) is 11.3 Å². The molecule has 1 saturated heterocycles. The molecule has 1 aliphatic carbocycles. The Balaban J connectivity index is 1.66. The minimum Gasteiger partial charge on any atom is -0.337 e. The molecule has 2 aliphatic rings. The first kappa shape index (κ1) is 20.9. The van der Waals surface area contributed by atoms with E-state index in [1.807, 2.05) is 16.4 Å². The molecule has 0 N–H and O–H groups in total. The van der Waals surface area contributed by atoms with Gasteiger partial charge in [0.2, 0.25) is 5.91 Å². The minimum absolute atomic E-state index is 0.0819. The third-order valence-electron chi connectivity index (χ3n) is 6.70. The highest BCUT2D eigenvalue weighted by Gasteiger charge is 2.30. The van der Waals surface area contributed by atoms with Crippen LogP contribution in [0.15, 0.2) is 9.95 Å². The molecule has 0 spiro atoms. The zero-order valence-electron chi connectivity index (χ0n) is 17.9. The molecule has 1 amide bonds. The summed E-state index contributed by atoms with van der Waals surface area (Å²) in [6.07, 6.45) is 7.70. The Bertz CT molecular complexity index is 965. The second kappa shape index (κ2) is 8.42. The second-order valence-corrected chi connectivity index (χ2v) is 10.8. The first-order chi connectivity index (χ1) is 13.9. The van der Waals surface area contributed by atoms with Gasteiger partial charge in [-0.3, -0.25) is 14.2 Å². The first-order valence-corrected chi connectivity index (χ1v) is 12.6. The maximum atomic E-state index is 13.4. The van der Waals surface area contributed by atoms with Crippen molar-refractivity contribution in [2.24, 2.45) is 0 Å². The largest absolute Gasteiger partial charge is 0.337 e. The van der Waals surface area contributed by atoms with Crippen LogP contribution in [0, 0.1) is 13.8 Å². The maximum absolute atomic E-state index is 13.4. The SMILES string of the molecule is Cc1sc2nc(SCC(=O)N3C(C)CCCC3C)n(C3CCCC3)c(=O)c2c1C. The molecule has 2 aromatic heterocycles. The lowest BCUT2D eigenvalue weighted by Crippen LogP contribution is -2.48. The summed E-state index contributed by atoms with van der Waals surface area (Å²) in [6.45, 7) is 8.37. The summed E-state index contributed by atoms with van der Waals surface area (Å²) in [4.78, 5) is 35.4. The fourth-order valence-electron chi connectivity index (χ4n) is 4.99. The number of hydrogen-bond acceptors (Lipinski definition) is 5. The number of hydrogen-bond donors (Lipinski definition) is 0. The molecule has 4 rings (SSSR count). The van der Waals surface area contributed by atoms with Crippen LogP contribution in [0.4, 0.5) is 0 Å². The molecule has 1 aliphatic heterocycles. The highest BCUT2D eigenvalue weighted by atomic mass is 32.2. The van der Waals surface area contributed by atoms with Crippen molar-refractivity contribution in [1.29, 1.82) is 0 Å². The topological polar surface area (TPSA) is 55.2 Å². The van der Waals surface area contributed by atoms with Crippen LogP contribution < -0.4 is 5.56 Å². The molecule has 3 heterocycles. The number of piperidine rings is 1. The van der Waals surface area contributed by atoms with Crippen LogP contribution in [0.25, 0.3) is 10.2 Å². The molecule has 2 aromatic rings. The third kappa shape index (κ3) is 3.88. The van der Waals surface area contributed by atoms with E-state index in [1.54, 1.807) is 11.3 Å². The van der Waals surface area contributed by atoms with E-state index in [9.17, 15) is 9.59 Å². The van der Waals surface area contributed by atoms with Crippen LogP contribution in [0.5, 0.6) is 0 Å². The van der Waals surface area contributed by atoms with Crippen molar-refractivity contribution in [2.45, 2.75) is 95.9 Å². The van der Waals surface area contributed by atoms with E-state index in [4.69, 9.17) is 4.98 Å². The number of likely N-dealkylation sites (tertiary alicyclic amines) is 1. The van der Waals surface area contributed by atoms with E-state index in [0.717, 1.165) is 64.3 Å². The van der Waals surface area contributed by atoms with Gasteiger partial charge < -0.3 is 4.90 Å². The average molecular weight is 434 g/mol. The Morgan fingerprint density at radius 2 is 1.76 bits per heavy atom. The number of thioether (sulfide) groups is 1. The standard InChI is InChI=1S/C22H31N3O2S2/c1-13-8-7-9-14(2)24(13)18(26)12-28-22-23-20-19(15(3)16(4)29-20)21(27)25(22)17-10-5-6-11-17/h13-14,17H,5-12H2,1-4H3. The summed E-state index contributed by atoms with van der Waals surface area (Å²) in [5.74, 6) is 0.517. The molecule has 29 heavy (non-hydrogen) atoms. The number of nitrogens with zero attached hydrogens (tertiary/aromatic N) is 3. The molecule has 158 valence electrons. The van der Waals surface area contributed by atoms with Gasteiger partial charge in [0.1, 0.15) is 4.83 Å². The molecule has 5 nitrogen and oxygen atoms in total. The fourth-order valence-corrected chi connectivity index (χ4v) is 6.99. The summed E-state index contributed by atoms with van der Waals surface area (Å²) in [5, 5.41) is 1.50. The predicted octanol–water partition coefficient (Wildman–Crippen LogP) is 5.07. The van der Waals surface area contributed by atoms with Crippen LogP contribution in [0.1, 0.15) is 75.3 Å². The molecule has 1 saturated carbocycles. The van der Waals surface area contributed by atoms with E-state index in [-0.39, 0.29) is 17.5 Å². The summed E-state index contributed by atoms with van der Waals surface area (Å²) >= 11 is 3.04. The fraction of sp³-hybridized carbons (Fsp3) is 0.682. The second-order valence-electron chi connectivity index (χ2n) is 8.69. The zero-order chi connectivity index (χ0) is 20.7. The number of aromatic nitrogens is 2. The van der Waals surface area contributed by atoms with Gasteiger partial charge in [-0.25, -0.2) is 4.98 Å². The Hall–Kier alpha value is -1.34. The van der Waals surface area contributed by atoms with Gasteiger partial charge >= 0.3 is 0 Å². The van der Waals surface area contributed by atoms with Crippen LogP contribution in [0.3, 0.4) is 0 Å². The molecule has 0 radical (unpaired) electrons. The molecule has 2 unspecified atom stereocenters. The predicted molar refractivity (Wildman–Crippen MR) is 121 cm³/mol. The average Bonchev–Trinajstić information content (AvgIpc) is 3.28. The number of thiophene rings is 1. The normalized spacial score (nSPS) is 23.2. The smallest absolute Gasteiger partial charge is 0.263 e. The highest BCUT2D eigenvalue weighted by Crippen LogP contribution is 2.35. The summed E-state index contributed by atoms with van der Waals surface area (Å²) in [7, 11) is 0. The van der Waals surface area contributed by atoms with Crippen molar-refractivity contribution >= 4 is 39.2 Å². The lowest BCUT2D eigenvalue weighted by Gasteiger charge is -2.39. The molecular formula is C22H31N3O2S2. The molecule has 7 heteroatoms. The lowest BCUT2D eigenvalue weighted by atomic mass is 9.98. The summed E-state index contributed by atoms with van der Waals surface area (Å²) in [6, 6.07) is 0.799. The summed E-state index contributed by atoms with van der Waals surface area (Å²) in [5.41, 5.74) is 1.14. The van der Waals surface area contributed by atoms with Gasteiger partial charge in [-0.2, -0.15) is 0 Å². The van der Waals surface area contributed by atoms with Crippen LogP contribution >= 0.6 is 23.1 Å². The van der Waals surface area contributed by atoms with Crippen LogP contribution in [0.2, 0.25) is 0 Å². The van der Waals surface area contributed by atoms with Crippen molar-refractivity contribution in [3.63, 3.8) is 0 Å². The van der Waals surface area contributed by atoms with E-state index in [1.165, 1.54) is 18.2 Å². The van der Waals surface area contributed by atoms with Crippen molar-refractivity contribution in [3.8, 4) is 0 Å². The Kier molecular flexibility index (Phi) is 6.07. The van der Waals surface area contributed by atoms with Crippen LogP contribution in [-0.2, 0) is 4.79 Å². The zero-order valence-corrected chi connectivity index (χ0v) is 19.5. The molecular weight excluding hydrogens is 402 g/mol. The summed E-state index contributed by atoms with van der Waals surface area (Å²) < 4.78 is 1.91. The van der Waals surface area contributed by atoms with E-state index < -0.39 is 0 Å². The minimum atomic E-state index is 0.0819. The molecule has 0 aromatic carbocycles. The van der Waals surface area contributed by atoms with Gasteiger partial charge in [0, 0.05) is 23.0 Å². The number of carbonyl (C=O) groups excluding carboxylic acids is 1. The highest BCUT2D eigenvalue weighted by molar-refractivity contribution is 7.99. The Labute approximate surface area is 180 Å². The van der Waals surface area contributed by atoms with Crippen LogP contribution in [-0.4, -0.2) is 38.2 Å².